The number of methoxy groups -OCH3 is 1. The molecule has 4 heteroatoms. The van der Waals surface area contributed by atoms with E-state index in [-0.39, 0.29) is 17.9 Å². The van der Waals surface area contributed by atoms with Crippen LogP contribution in [0.25, 0.3) is 0 Å². The van der Waals surface area contributed by atoms with Crippen LogP contribution >= 0.6 is 0 Å². The predicted octanol–water partition coefficient (Wildman–Crippen LogP) is 3.41. The van der Waals surface area contributed by atoms with Gasteiger partial charge in [-0.2, -0.15) is 0 Å². The Labute approximate surface area is 130 Å². The molecule has 1 aliphatic rings. The van der Waals surface area contributed by atoms with E-state index in [9.17, 15) is 4.39 Å². The first-order valence-corrected chi connectivity index (χ1v) is 7.52. The van der Waals surface area contributed by atoms with Crippen molar-refractivity contribution < 1.29 is 9.13 Å². The van der Waals surface area contributed by atoms with E-state index in [2.05, 4.69) is 24.0 Å². The number of fused-ring (bicyclic) bond motifs is 1. The maximum atomic E-state index is 13.5. The third-order valence-electron chi connectivity index (χ3n) is 4.54. The lowest BCUT2D eigenvalue weighted by molar-refractivity contribution is 0.161. The quantitative estimate of drug-likeness (QED) is 0.940. The molecule has 2 aromatic carbocycles. The van der Waals surface area contributed by atoms with Crippen LogP contribution in [-0.4, -0.2) is 18.6 Å². The van der Waals surface area contributed by atoms with E-state index in [4.69, 9.17) is 10.5 Å². The lowest BCUT2D eigenvalue weighted by Crippen LogP contribution is -2.30. The lowest BCUT2D eigenvalue weighted by Gasteiger charge is -2.30. The molecule has 2 aromatic rings. The number of benzene rings is 2. The molecule has 0 amide bonds. The monoisotopic (exact) mass is 300 g/mol. The van der Waals surface area contributed by atoms with Crippen molar-refractivity contribution in [3.05, 3.63) is 65.0 Å². The van der Waals surface area contributed by atoms with Gasteiger partial charge in [-0.05, 0) is 47.9 Å². The van der Waals surface area contributed by atoms with E-state index in [0.717, 1.165) is 23.4 Å². The Balaban J connectivity index is 1.88. The number of hydrogen-bond acceptors (Lipinski definition) is 3. The minimum atomic E-state index is -0.198. The zero-order valence-electron chi connectivity index (χ0n) is 12.9. The molecule has 1 heterocycles. The van der Waals surface area contributed by atoms with Crippen molar-refractivity contribution in [1.82, 2.24) is 4.90 Å². The van der Waals surface area contributed by atoms with Gasteiger partial charge in [0, 0.05) is 25.2 Å². The molecule has 2 unspecified atom stereocenters. The van der Waals surface area contributed by atoms with Gasteiger partial charge in [0.15, 0.2) is 0 Å². The highest BCUT2D eigenvalue weighted by molar-refractivity contribution is 5.36. The van der Waals surface area contributed by atoms with Crippen LogP contribution in [0.3, 0.4) is 0 Å². The fraction of sp³-hybridized carbons (Fsp3) is 0.333. The Kier molecular flexibility index (Phi) is 4.14. The van der Waals surface area contributed by atoms with Crippen molar-refractivity contribution >= 4 is 0 Å². The van der Waals surface area contributed by atoms with E-state index in [0.29, 0.717) is 6.54 Å². The summed E-state index contributed by atoms with van der Waals surface area (Å²) in [5.41, 5.74) is 9.35. The minimum absolute atomic E-state index is 0.0581. The molecule has 2 N–H and O–H groups in total. The Morgan fingerprint density at radius 3 is 2.64 bits per heavy atom. The highest BCUT2D eigenvalue weighted by atomic mass is 19.1. The van der Waals surface area contributed by atoms with Crippen LogP contribution < -0.4 is 10.5 Å². The van der Waals surface area contributed by atoms with Crippen molar-refractivity contribution in [1.29, 1.82) is 0 Å². The van der Waals surface area contributed by atoms with Crippen molar-refractivity contribution in [3.63, 3.8) is 0 Å². The van der Waals surface area contributed by atoms with E-state index >= 15 is 0 Å². The van der Waals surface area contributed by atoms with Crippen LogP contribution in [0.5, 0.6) is 5.75 Å². The number of nitrogens with two attached hydrogens (primary N) is 1. The second kappa shape index (κ2) is 6.07. The van der Waals surface area contributed by atoms with Crippen LogP contribution in [0, 0.1) is 5.82 Å². The summed E-state index contributed by atoms with van der Waals surface area (Å²) in [6.45, 7) is 3.44. The molecule has 0 spiro atoms. The summed E-state index contributed by atoms with van der Waals surface area (Å²) in [7, 11) is 1.66. The van der Waals surface area contributed by atoms with Crippen molar-refractivity contribution in [3.8, 4) is 5.75 Å². The van der Waals surface area contributed by atoms with Crippen molar-refractivity contribution in [2.75, 3.05) is 13.7 Å². The van der Waals surface area contributed by atoms with Gasteiger partial charge in [-0.25, -0.2) is 4.39 Å². The molecule has 116 valence electrons. The van der Waals surface area contributed by atoms with Gasteiger partial charge >= 0.3 is 0 Å². The van der Waals surface area contributed by atoms with Gasteiger partial charge in [0.1, 0.15) is 11.6 Å². The van der Waals surface area contributed by atoms with Gasteiger partial charge in [-0.1, -0.05) is 18.2 Å². The minimum Gasteiger partial charge on any atom is -0.497 e. The Bertz CT molecular complexity index is 657. The van der Waals surface area contributed by atoms with Gasteiger partial charge in [0.2, 0.25) is 0 Å². The molecule has 0 bridgehead atoms. The summed E-state index contributed by atoms with van der Waals surface area (Å²) in [5, 5.41) is 0. The summed E-state index contributed by atoms with van der Waals surface area (Å²) in [6.07, 6.45) is 0. The number of nitrogens with zero attached hydrogens (tertiary/aromatic N) is 1. The Morgan fingerprint density at radius 2 is 2.00 bits per heavy atom. The normalized spacial score (nSPS) is 19.0. The number of hydrogen-bond donors (Lipinski definition) is 1. The smallest absolute Gasteiger partial charge is 0.123 e. The van der Waals surface area contributed by atoms with Crippen LogP contribution in [0.15, 0.2) is 42.5 Å². The average Bonchev–Trinajstić information content (AvgIpc) is 2.91. The van der Waals surface area contributed by atoms with E-state index in [1.807, 2.05) is 18.2 Å². The number of rotatable bonds is 4. The molecule has 3 rings (SSSR count). The van der Waals surface area contributed by atoms with Crippen LogP contribution in [0.2, 0.25) is 0 Å². The maximum Gasteiger partial charge on any atom is 0.123 e. The summed E-state index contributed by atoms with van der Waals surface area (Å²) in [5.74, 6) is 0.647. The van der Waals surface area contributed by atoms with Gasteiger partial charge in [-0.3, -0.25) is 4.90 Å². The summed E-state index contributed by atoms with van der Waals surface area (Å²) in [6, 6.07) is 13.3. The third-order valence-corrected chi connectivity index (χ3v) is 4.54. The zero-order chi connectivity index (χ0) is 15.7. The molecule has 2 atom stereocenters. The maximum absolute atomic E-state index is 13.5. The van der Waals surface area contributed by atoms with Crippen LogP contribution in [0.4, 0.5) is 4.39 Å². The highest BCUT2D eigenvalue weighted by Crippen LogP contribution is 2.39. The molecule has 0 aliphatic carbocycles. The third kappa shape index (κ3) is 2.60. The molecule has 1 aliphatic heterocycles. The molecule has 22 heavy (non-hydrogen) atoms. The SMILES string of the molecule is COc1ccc(C(C)N2Cc3ccc(F)cc3C2CN)cc1. The lowest BCUT2D eigenvalue weighted by atomic mass is 10.0. The fourth-order valence-corrected chi connectivity index (χ4v) is 3.25. The van der Waals surface area contributed by atoms with E-state index in [1.54, 1.807) is 13.2 Å². The summed E-state index contributed by atoms with van der Waals surface area (Å²) < 4.78 is 18.7. The van der Waals surface area contributed by atoms with E-state index < -0.39 is 0 Å². The molecule has 3 nitrogen and oxygen atoms in total. The first kappa shape index (κ1) is 15.0. The summed E-state index contributed by atoms with van der Waals surface area (Å²) >= 11 is 0. The summed E-state index contributed by atoms with van der Waals surface area (Å²) in [4.78, 5) is 2.33. The van der Waals surface area contributed by atoms with Crippen molar-refractivity contribution in [2.24, 2.45) is 5.73 Å². The zero-order valence-corrected chi connectivity index (χ0v) is 12.9. The largest absolute Gasteiger partial charge is 0.497 e. The van der Waals surface area contributed by atoms with Gasteiger partial charge in [0.25, 0.3) is 0 Å². The number of halogens is 1. The van der Waals surface area contributed by atoms with Gasteiger partial charge in [0.05, 0.1) is 7.11 Å². The van der Waals surface area contributed by atoms with Gasteiger partial charge < -0.3 is 10.5 Å². The van der Waals surface area contributed by atoms with E-state index in [1.165, 1.54) is 11.6 Å². The number of ether oxygens (including phenoxy) is 1. The van der Waals surface area contributed by atoms with Crippen LogP contribution in [0.1, 0.15) is 35.7 Å². The molecule has 0 aromatic heterocycles. The second-order valence-corrected chi connectivity index (χ2v) is 5.72. The molecule has 0 radical (unpaired) electrons. The molecule has 0 saturated carbocycles. The topological polar surface area (TPSA) is 38.5 Å². The van der Waals surface area contributed by atoms with Crippen molar-refractivity contribution in [2.45, 2.75) is 25.6 Å². The Hall–Kier alpha value is -1.91. The fourth-order valence-electron chi connectivity index (χ4n) is 3.25. The standard InChI is InChI=1S/C18H21FN2O/c1-12(13-4-7-16(22-2)8-5-13)21-11-14-3-6-15(19)9-17(14)18(21)10-20/h3-9,12,18H,10-11,20H2,1-2H3. The van der Waals surface area contributed by atoms with Gasteiger partial charge in [-0.15, -0.1) is 0 Å². The van der Waals surface area contributed by atoms with Crippen LogP contribution in [-0.2, 0) is 6.54 Å². The molecular formula is C18H21FN2O. The molecule has 0 fully saturated rings. The molecule has 0 saturated heterocycles. The second-order valence-electron chi connectivity index (χ2n) is 5.72. The Morgan fingerprint density at radius 1 is 1.27 bits per heavy atom. The highest BCUT2D eigenvalue weighted by Gasteiger charge is 2.33. The first-order valence-electron chi connectivity index (χ1n) is 7.52. The molecular weight excluding hydrogens is 279 g/mol. The predicted molar refractivity (Wildman–Crippen MR) is 85.1 cm³/mol. The first-order chi connectivity index (χ1) is 10.6. The average molecular weight is 300 g/mol.